The summed E-state index contributed by atoms with van der Waals surface area (Å²) >= 11 is 0. The lowest BCUT2D eigenvalue weighted by atomic mass is 10.2. The average molecular weight is 307 g/mol. The van der Waals surface area contributed by atoms with E-state index in [9.17, 15) is 4.79 Å². The zero-order chi connectivity index (χ0) is 12.3. The van der Waals surface area contributed by atoms with Gasteiger partial charge in [-0.1, -0.05) is 6.92 Å². The van der Waals surface area contributed by atoms with Crippen LogP contribution < -0.4 is 5.73 Å². The number of amides is 1. The summed E-state index contributed by atoms with van der Waals surface area (Å²) in [4.78, 5) is 20.3. The Morgan fingerprint density at radius 1 is 1.26 bits per heavy atom. The highest BCUT2D eigenvalue weighted by Gasteiger charge is 2.21. The van der Waals surface area contributed by atoms with Gasteiger partial charge in [-0.2, -0.15) is 0 Å². The highest BCUT2D eigenvalue weighted by molar-refractivity contribution is 5.94. The number of piperazine rings is 1. The number of carbonyl (C=O) groups excluding carboxylic acids is 1. The van der Waals surface area contributed by atoms with Gasteiger partial charge in [0.1, 0.15) is 5.82 Å². The van der Waals surface area contributed by atoms with Crippen molar-refractivity contribution < 1.29 is 4.79 Å². The third kappa shape index (κ3) is 4.53. The fraction of sp³-hybridized carbons (Fsp3) is 0.500. The van der Waals surface area contributed by atoms with Crippen LogP contribution in [0.1, 0.15) is 17.3 Å². The maximum Gasteiger partial charge on any atom is 0.255 e. The third-order valence-corrected chi connectivity index (χ3v) is 3.14. The summed E-state index contributed by atoms with van der Waals surface area (Å²) in [5.41, 5.74) is 6.11. The molecular formula is C12H20Cl2N4O. The number of hydrogen-bond acceptors (Lipinski definition) is 4. The molecule has 5 nitrogen and oxygen atoms in total. The van der Waals surface area contributed by atoms with E-state index in [0.29, 0.717) is 11.4 Å². The molecule has 0 atom stereocenters. The van der Waals surface area contributed by atoms with E-state index in [1.807, 2.05) is 4.90 Å². The van der Waals surface area contributed by atoms with Crippen LogP contribution in [-0.4, -0.2) is 53.4 Å². The van der Waals surface area contributed by atoms with Crippen LogP contribution in [0.25, 0.3) is 0 Å². The average Bonchev–Trinajstić information content (AvgIpc) is 2.39. The minimum Gasteiger partial charge on any atom is -0.384 e. The second kappa shape index (κ2) is 8.19. The zero-order valence-electron chi connectivity index (χ0n) is 10.9. The molecule has 1 aliphatic rings. The molecule has 0 unspecified atom stereocenters. The molecule has 1 aromatic heterocycles. The highest BCUT2D eigenvalue weighted by Crippen LogP contribution is 2.09. The van der Waals surface area contributed by atoms with Crippen LogP contribution in [-0.2, 0) is 0 Å². The minimum atomic E-state index is 0. The molecular weight excluding hydrogens is 287 g/mol. The maximum atomic E-state index is 12.1. The summed E-state index contributed by atoms with van der Waals surface area (Å²) in [6.07, 6.45) is 1.55. The molecule has 0 saturated carbocycles. The number of nitrogen functional groups attached to an aromatic ring is 1. The van der Waals surface area contributed by atoms with Crippen molar-refractivity contribution in [3.63, 3.8) is 0 Å². The number of carbonyl (C=O) groups is 1. The Morgan fingerprint density at radius 2 is 1.89 bits per heavy atom. The van der Waals surface area contributed by atoms with E-state index in [1.54, 1.807) is 18.3 Å². The van der Waals surface area contributed by atoms with Gasteiger partial charge in [-0.25, -0.2) is 4.98 Å². The monoisotopic (exact) mass is 306 g/mol. The van der Waals surface area contributed by atoms with Gasteiger partial charge in [0.15, 0.2) is 0 Å². The van der Waals surface area contributed by atoms with Gasteiger partial charge >= 0.3 is 0 Å². The van der Waals surface area contributed by atoms with Gasteiger partial charge in [0, 0.05) is 32.4 Å². The molecule has 0 radical (unpaired) electrons. The Hall–Kier alpha value is -1.04. The predicted octanol–water partition coefficient (Wildman–Crippen LogP) is 1.29. The minimum absolute atomic E-state index is 0. The lowest BCUT2D eigenvalue weighted by Crippen LogP contribution is -2.48. The molecule has 0 spiro atoms. The molecule has 1 fully saturated rings. The summed E-state index contributed by atoms with van der Waals surface area (Å²) in [5, 5.41) is 0. The normalized spacial score (nSPS) is 15.3. The van der Waals surface area contributed by atoms with E-state index in [1.165, 1.54) is 0 Å². The summed E-state index contributed by atoms with van der Waals surface area (Å²) in [5.74, 6) is 0.491. The number of rotatable bonds is 2. The predicted molar refractivity (Wildman–Crippen MR) is 81.2 cm³/mol. The third-order valence-electron chi connectivity index (χ3n) is 3.14. The lowest BCUT2D eigenvalue weighted by Gasteiger charge is -2.34. The van der Waals surface area contributed by atoms with Crippen LogP contribution in [0.4, 0.5) is 5.82 Å². The van der Waals surface area contributed by atoms with Crippen molar-refractivity contribution in [1.29, 1.82) is 0 Å². The fourth-order valence-electron chi connectivity index (χ4n) is 1.98. The summed E-state index contributed by atoms with van der Waals surface area (Å²) in [6, 6.07) is 3.40. The zero-order valence-corrected chi connectivity index (χ0v) is 12.5. The Kier molecular flexibility index (Phi) is 7.75. The first-order valence-electron chi connectivity index (χ1n) is 5.94. The first kappa shape index (κ1) is 18.0. The van der Waals surface area contributed by atoms with E-state index in [2.05, 4.69) is 16.8 Å². The number of anilines is 1. The lowest BCUT2D eigenvalue weighted by molar-refractivity contribution is 0.0643. The second-order valence-corrected chi connectivity index (χ2v) is 4.20. The number of likely N-dealkylation sites (N-methyl/N-ethyl adjacent to an activating group) is 1. The van der Waals surface area contributed by atoms with Crippen LogP contribution in [0.15, 0.2) is 18.3 Å². The maximum absolute atomic E-state index is 12.1. The number of nitrogens with two attached hydrogens (primary N) is 1. The van der Waals surface area contributed by atoms with E-state index >= 15 is 0 Å². The number of hydrogen-bond donors (Lipinski definition) is 1. The van der Waals surface area contributed by atoms with Crippen molar-refractivity contribution >= 4 is 36.5 Å². The van der Waals surface area contributed by atoms with Crippen molar-refractivity contribution in [3.05, 3.63) is 23.9 Å². The Labute approximate surface area is 126 Å². The second-order valence-electron chi connectivity index (χ2n) is 4.20. The molecule has 2 rings (SSSR count). The Bertz CT molecular complexity index is 391. The molecule has 0 aromatic carbocycles. The fourth-order valence-corrected chi connectivity index (χ4v) is 1.98. The molecule has 19 heavy (non-hydrogen) atoms. The molecule has 1 amide bonds. The molecule has 1 saturated heterocycles. The number of aromatic nitrogens is 1. The van der Waals surface area contributed by atoms with Crippen molar-refractivity contribution in [3.8, 4) is 0 Å². The highest BCUT2D eigenvalue weighted by atomic mass is 35.5. The van der Waals surface area contributed by atoms with Gasteiger partial charge in [0.05, 0.1) is 5.56 Å². The SMILES string of the molecule is CCN1CCN(C(=O)c2ccc(N)nc2)CC1.Cl.Cl. The van der Waals surface area contributed by atoms with E-state index in [-0.39, 0.29) is 30.7 Å². The smallest absolute Gasteiger partial charge is 0.255 e. The van der Waals surface area contributed by atoms with Crippen molar-refractivity contribution in [2.45, 2.75) is 6.92 Å². The van der Waals surface area contributed by atoms with Gasteiger partial charge in [-0.3, -0.25) is 4.79 Å². The van der Waals surface area contributed by atoms with Crippen molar-refractivity contribution in [2.24, 2.45) is 0 Å². The standard InChI is InChI=1S/C12H18N4O.2ClH/c1-2-15-5-7-16(8-6-15)12(17)10-3-4-11(13)14-9-10;;/h3-4,9H,2,5-8H2,1H3,(H2,13,14);2*1H. The molecule has 2 N–H and O–H groups in total. The van der Waals surface area contributed by atoms with Crippen molar-refractivity contribution in [2.75, 3.05) is 38.5 Å². The molecule has 0 aliphatic carbocycles. The van der Waals surface area contributed by atoms with Gasteiger partial charge in [-0.05, 0) is 18.7 Å². The first-order valence-corrected chi connectivity index (χ1v) is 5.94. The number of halogens is 2. The molecule has 7 heteroatoms. The number of nitrogens with zero attached hydrogens (tertiary/aromatic N) is 3. The van der Waals surface area contributed by atoms with E-state index in [4.69, 9.17) is 5.73 Å². The largest absolute Gasteiger partial charge is 0.384 e. The Balaban J connectivity index is 0.00000162. The molecule has 1 aliphatic heterocycles. The molecule has 2 heterocycles. The number of pyridine rings is 1. The first-order chi connectivity index (χ1) is 8.20. The van der Waals surface area contributed by atoms with Crippen LogP contribution in [0.3, 0.4) is 0 Å². The van der Waals surface area contributed by atoms with Gasteiger partial charge in [0.2, 0.25) is 0 Å². The topological polar surface area (TPSA) is 62.5 Å². The van der Waals surface area contributed by atoms with Gasteiger partial charge < -0.3 is 15.5 Å². The van der Waals surface area contributed by atoms with E-state index in [0.717, 1.165) is 32.7 Å². The summed E-state index contributed by atoms with van der Waals surface area (Å²) in [7, 11) is 0. The summed E-state index contributed by atoms with van der Waals surface area (Å²) < 4.78 is 0. The van der Waals surface area contributed by atoms with Gasteiger partial charge in [0.25, 0.3) is 5.91 Å². The Morgan fingerprint density at radius 3 is 2.37 bits per heavy atom. The summed E-state index contributed by atoms with van der Waals surface area (Å²) in [6.45, 7) is 6.66. The van der Waals surface area contributed by atoms with Crippen molar-refractivity contribution in [1.82, 2.24) is 14.8 Å². The van der Waals surface area contributed by atoms with Crippen LogP contribution in [0.2, 0.25) is 0 Å². The molecule has 1 aromatic rings. The quantitative estimate of drug-likeness (QED) is 0.894. The van der Waals surface area contributed by atoms with Crippen LogP contribution in [0, 0.1) is 0 Å². The van der Waals surface area contributed by atoms with Crippen LogP contribution in [0.5, 0.6) is 0 Å². The van der Waals surface area contributed by atoms with E-state index < -0.39 is 0 Å². The molecule has 0 bridgehead atoms. The molecule has 108 valence electrons. The van der Waals surface area contributed by atoms with Gasteiger partial charge in [-0.15, -0.1) is 24.8 Å². The van der Waals surface area contributed by atoms with Crippen LogP contribution >= 0.6 is 24.8 Å².